The van der Waals surface area contributed by atoms with Crippen molar-refractivity contribution in [1.82, 2.24) is 14.9 Å². The van der Waals surface area contributed by atoms with Crippen LogP contribution < -0.4 is 0 Å². The van der Waals surface area contributed by atoms with Crippen LogP contribution in [-0.2, 0) is 0 Å². The second-order valence-electron chi connectivity index (χ2n) is 5.37. The van der Waals surface area contributed by atoms with E-state index < -0.39 is 0 Å². The molecule has 1 aliphatic heterocycles. The van der Waals surface area contributed by atoms with Crippen LogP contribution in [0.3, 0.4) is 0 Å². The van der Waals surface area contributed by atoms with Crippen LogP contribution >= 0.6 is 0 Å². The molecule has 1 aliphatic rings. The molecule has 1 amide bonds. The van der Waals surface area contributed by atoms with Gasteiger partial charge in [0.1, 0.15) is 0 Å². The third-order valence-corrected chi connectivity index (χ3v) is 3.93. The number of hydrogen-bond acceptors (Lipinski definition) is 4. The van der Waals surface area contributed by atoms with Gasteiger partial charge >= 0.3 is 0 Å². The molecule has 22 heavy (non-hydrogen) atoms. The summed E-state index contributed by atoms with van der Waals surface area (Å²) in [6.07, 6.45) is 6.45. The number of rotatable bonds is 2. The van der Waals surface area contributed by atoms with Gasteiger partial charge < -0.3 is 4.90 Å². The maximum Gasteiger partial charge on any atom is 0.253 e. The molecule has 0 N–H and O–H groups in total. The first-order valence-corrected chi connectivity index (χ1v) is 7.33. The lowest BCUT2D eigenvalue weighted by Crippen LogP contribution is -2.38. The van der Waals surface area contributed by atoms with Crippen molar-refractivity contribution in [2.24, 2.45) is 5.92 Å². The summed E-state index contributed by atoms with van der Waals surface area (Å²) in [6.45, 7) is 1.29. The summed E-state index contributed by atoms with van der Waals surface area (Å²) in [4.78, 5) is 22.7. The minimum atomic E-state index is 0.0159. The maximum atomic E-state index is 12.6. The van der Waals surface area contributed by atoms with E-state index in [0.29, 0.717) is 18.7 Å². The van der Waals surface area contributed by atoms with Gasteiger partial charge in [-0.25, -0.2) is 0 Å². The molecule has 2 aromatic rings. The van der Waals surface area contributed by atoms with Gasteiger partial charge in [0.25, 0.3) is 5.91 Å². The molecule has 0 atom stereocenters. The molecule has 5 heteroatoms. The number of piperidine rings is 1. The first-order chi connectivity index (χ1) is 10.8. The molecule has 2 heterocycles. The highest BCUT2D eigenvalue weighted by Gasteiger charge is 2.23. The molecule has 1 aromatic carbocycles. The van der Waals surface area contributed by atoms with Gasteiger partial charge in [-0.1, -0.05) is 12.1 Å². The van der Waals surface area contributed by atoms with Gasteiger partial charge in [0.2, 0.25) is 0 Å². The van der Waals surface area contributed by atoms with E-state index in [2.05, 4.69) is 16.0 Å². The summed E-state index contributed by atoms with van der Waals surface area (Å²) in [5, 5.41) is 8.93. The fourth-order valence-corrected chi connectivity index (χ4v) is 2.65. The zero-order valence-corrected chi connectivity index (χ0v) is 12.1. The highest BCUT2D eigenvalue weighted by atomic mass is 16.2. The Morgan fingerprint density at radius 1 is 1.27 bits per heavy atom. The summed E-state index contributed by atoms with van der Waals surface area (Å²) in [5.74, 6) is 0.0945. The summed E-state index contributed by atoms with van der Waals surface area (Å²) >= 11 is 0. The minimum absolute atomic E-state index is 0.0159. The summed E-state index contributed by atoms with van der Waals surface area (Å²) in [5.41, 5.74) is 2.28. The molecule has 0 unspecified atom stereocenters. The highest BCUT2D eigenvalue weighted by molar-refractivity contribution is 5.95. The van der Waals surface area contributed by atoms with Gasteiger partial charge in [0, 0.05) is 42.5 Å². The topological polar surface area (TPSA) is 69.9 Å². The van der Waals surface area contributed by atoms with Crippen LogP contribution in [0.2, 0.25) is 0 Å². The second kappa shape index (κ2) is 6.35. The number of amides is 1. The molecule has 5 nitrogen and oxygen atoms in total. The van der Waals surface area contributed by atoms with Gasteiger partial charge in [0.15, 0.2) is 0 Å². The van der Waals surface area contributed by atoms with E-state index in [4.69, 9.17) is 5.26 Å². The lowest BCUT2D eigenvalue weighted by Gasteiger charge is -2.29. The largest absolute Gasteiger partial charge is 0.339 e. The highest BCUT2D eigenvalue weighted by Crippen LogP contribution is 2.21. The van der Waals surface area contributed by atoms with Crippen molar-refractivity contribution in [3.05, 3.63) is 48.4 Å². The van der Waals surface area contributed by atoms with Crippen molar-refractivity contribution in [2.45, 2.75) is 12.8 Å². The third kappa shape index (κ3) is 2.96. The second-order valence-corrected chi connectivity index (χ2v) is 5.37. The van der Waals surface area contributed by atoms with E-state index in [1.165, 1.54) is 0 Å². The van der Waals surface area contributed by atoms with Crippen LogP contribution in [0, 0.1) is 17.2 Å². The van der Waals surface area contributed by atoms with E-state index in [1.807, 2.05) is 29.2 Å². The standard InChI is InChI=1S/C17H16N4O/c18-11-13-4-8-21(9-5-13)17(22)15-3-1-2-14(10-15)16-12-19-6-7-20-16/h1-3,6-7,10,12-13H,4-5,8-9H2. The van der Waals surface area contributed by atoms with Crippen molar-refractivity contribution in [3.63, 3.8) is 0 Å². The van der Waals surface area contributed by atoms with Crippen LogP contribution in [0.25, 0.3) is 11.3 Å². The van der Waals surface area contributed by atoms with Crippen LogP contribution in [-0.4, -0.2) is 33.9 Å². The number of hydrogen-bond donors (Lipinski definition) is 0. The van der Waals surface area contributed by atoms with Crippen LogP contribution in [0.4, 0.5) is 0 Å². The number of aromatic nitrogens is 2. The van der Waals surface area contributed by atoms with Crippen molar-refractivity contribution < 1.29 is 4.79 Å². The molecule has 0 bridgehead atoms. The predicted molar refractivity (Wildman–Crippen MR) is 81.7 cm³/mol. The van der Waals surface area contributed by atoms with Gasteiger partial charge in [-0.15, -0.1) is 0 Å². The molecule has 1 fully saturated rings. The van der Waals surface area contributed by atoms with E-state index in [-0.39, 0.29) is 11.8 Å². The molecular formula is C17H16N4O. The number of benzene rings is 1. The van der Waals surface area contributed by atoms with Crippen LogP contribution in [0.15, 0.2) is 42.9 Å². The average Bonchev–Trinajstić information content (AvgIpc) is 2.62. The first kappa shape index (κ1) is 14.2. The minimum Gasteiger partial charge on any atom is -0.339 e. The van der Waals surface area contributed by atoms with E-state index in [1.54, 1.807) is 18.6 Å². The van der Waals surface area contributed by atoms with Gasteiger partial charge in [0.05, 0.1) is 18.0 Å². The number of carbonyl (C=O) groups is 1. The lowest BCUT2D eigenvalue weighted by atomic mass is 9.98. The van der Waals surface area contributed by atoms with Crippen LogP contribution in [0.1, 0.15) is 23.2 Å². The molecule has 0 radical (unpaired) electrons. The smallest absolute Gasteiger partial charge is 0.253 e. The summed E-state index contributed by atoms with van der Waals surface area (Å²) < 4.78 is 0. The molecular weight excluding hydrogens is 276 g/mol. The van der Waals surface area contributed by atoms with E-state index in [0.717, 1.165) is 24.1 Å². The lowest BCUT2D eigenvalue weighted by molar-refractivity contribution is 0.0707. The van der Waals surface area contributed by atoms with Crippen molar-refractivity contribution in [3.8, 4) is 17.3 Å². The fourth-order valence-electron chi connectivity index (χ4n) is 2.65. The summed E-state index contributed by atoms with van der Waals surface area (Å²) in [6, 6.07) is 9.73. The number of carbonyl (C=O) groups excluding carboxylic acids is 1. The predicted octanol–water partition coefficient (Wildman–Crippen LogP) is 2.52. The van der Waals surface area contributed by atoms with E-state index >= 15 is 0 Å². The quantitative estimate of drug-likeness (QED) is 0.852. The Morgan fingerprint density at radius 2 is 2.09 bits per heavy atom. The Hall–Kier alpha value is -2.74. The van der Waals surface area contributed by atoms with Gasteiger partial charge in [-0.2, -0.15) is 5.26 Å². The van der Waals surface area contributed by atoms with Crippen molar-refractivity contribution >= 4 is 5.91 Å². The fraction of sp³-hybridized carbons (Fsp3) is 0.294. The molecule has 0 spiro atoms. The Bertz CT molecular complexity index is 700. The Morgan fingerprint density at radius 3 is 2.77 bits per heavy atom. The Labute approximate surface area is 129 Å². The van der Waals surface area contributed by atoms with Crippen molar-refractivity contribution in [2.75, 3.05) is 13.1 Å². The molecule has 110 valence electrons. The van der Waals surface area contributed by atoms with E-state index in [9.17, 15) is 4.79 Å². The number of nitriles is 1. The molecule has 0 aliphatic carbocycles. The number of nitrogens with zero attached hydrogens (tertiary/aromatic N) is 4. The molecule has 0 saturated carbocycles. The SMILES string of the molecule is N#CC1CCN(C(=O)c2cccc(-c3cnccn3)c2)CC1. The molecule has 1 aromatic heterocycles. The monoisotopic (exact) mass is 292 g/mol. The first-order valence-electron chi connectivity index (χ1n) is 7.33. The summed E-state index contributed by atoms with van der Waals surface area (Å²) in [7, 11) is 0. The maximum absolute atomic E-state index is 12.6. The van der Waals surface area contributed by atoms with Crippen LogP contribution in [0.5, 0.6) is 0 Å². The molecule has 3 rings (SSSR count). The zero-order valence-electron chi connectivity index (χ0n) is 12.1. The number of likely N-dealkylation sites (tertiary alicyclic amines) is 1. The third-order valence-electron chi connectivity index (χ3n) is 3.93. The average molecular weight is 292 g/mol. The molecule has 1 saturated heterocycles. The zero-order chi connectivity index (χ0) is 15.4. The normalized spacial score (nSPS) is 15.3. The van der Waals surface area contributed by atoms with Gasteiger partial charge in [-0.3, -0.25) is 14.8 Å². The Balaban J connectivity index is 1.78. The Kier molecular flexibility index (Phi) is 4.10. The van der Waals surface area contributed by atoms with Crippen molar-refractivity contribution in [1.29, 1.82) is 5.26 Å². The van der Waals surface area contributed by atoms with Gasteiger partial charge in [-0.05, 0) is 25.0 Å².